The Balaban J connectivity index is 3.62. The first-order chi connectivity index (χ1) is 4.18. The minimum Gasteiger partial charge on any atom is -0.479 e. The molecule has 4 heteroatoms. The molecule has 0 aromatic carbocycles. The fraction of sp³-hybridized carbons (Fsp3) is 0.600. The Labute approximate surface area is 52.8 Å². The van der Waals surface area contributed by atoms with Gasteiger partial charge in [0.1, 0.15) is 0 Å². The highest BCUT2D eigenvalue weighted by Crippen LogP contribution is 1.76. The van der Waals surface area contributed by atoms with Gasteiger partial charge >= 0.3 is 5.97 Å². The molecule has 1 atom stereocenters. The van der Waals surface area contributed by atoms with E-state index in [0.29, 0.717) is 6.54 Å². The molecule has 0 heterocycles. The molecular formula is C5H9NO3. The Bertz CT molecular complexity index is 121. The van der Waals surface area contributed by atoms with Crippen molar-refractivity contribution in [3.8, 4) is 0 Å². The topological polar surface area (TPSA) is 69.9 Å². The largest absolute Gasteiger partial charge is 0.479 e. The Kier molecular flexibility index (Phi) is 3.62. The normalized spacial score (nSPS) is 14.0. The predicted molar refractivity (Wildman–Crippen MR) is 32.7 cm³/mol. The van der Waals surface area contributed by atoms with Gasteiger partial charge in [0.15, 0.2) is 6.10 Å². The standard InChI is InChI=1S/C5H9NO3/c1-2-6-3-4(7)5(8)9/h3-4,7H,2H2,1H3,(H,8,9). The van der Waals surface area contributed by atoms with Crippen LogP contribution in [-0.4, -0.2) is 35.0 Å². The molecule has 0 spiro atoms. The van der Waals surface area contributed by atoms with Gasteiger partial charge in [0.25, 0.3) is 0 Å². The van der Waals surface area contributed by atoms with Crippen molar-refractivity contribution in [1.82, 2.24) is 0 Å². The van der Waals surface area contributed by atoms with Crippen LogP contribution >= 0.6 is 0 Å². The average molecular weight is 131 g/mol. The number of nitrogens with zero attached hydrogens (tertiary/aromatic N) is 1. The van der Waals surface area contributed by atoms with E-state index < -0.39 is 12.1 Å². The summed E-state index contributed by atoms with van der Waals surface area (Å²) in [4.78, 5) is 13.4. The molecule has 0 bridgehead atoms. The lowest BCUT2D eigenvalue weighted by Gasteiger charge is -1.93. The summed E-state index contributed by atoms with van der Waals surface area (Å²) in [6.07, 6.45) is -0.451. The van der Waals surface area contributed by atoms with E-state index in [1.807, 2.05) is 0 Å². The van der Waals surface area contributed by atoms with E-state index in [1.54, 1.807) is 6.92 Å². The van der Waals surface area contributed by atoms with Crippen LogP contribution in [0.25, 0.3) is 0 Å². The Hall–Kier alpha value is -0.900. The van der Waals surface area contributed by atoms with E-state index in [1.165, 1.54) is 0 Å². The van der Waals surface area contributed by atoms with E-state index in [9.17, 15) is 4.79 Å². The lowest BCUT2D eigenvalue weighted by molar-refractivity contribution is -0.142. The highest BCUT2D eigenvalue weighted by molar-refractivity contribution is 5.91. The summed E-state index contributed by atoms with van der Waals surface area (Å²) in [5.74, 6) is -1.27. The molecule has 4 nitrogen and oxygen atoms in total. The second-order valence-corrected chi connectivity index (χ2v) is 1.43. The molecule has 9 heavy (non-hydrogen) atoms. The number of aliphatic imine (C=N–C) groups is 1. The maximum Gasteiger partial charge on any atom is 0.338 e. The number of rotatable bonds is 3. The Morgan fingerprint density at radius 1 is 1.89 bits per heavy atom. The van der Waals surface area contributed by atoms with Crippen LogP contribution in [-0.2, 0) is 4.79 Å². The van der Waals surface area contributed by atoms with Gasteiger partial charge in [-0.05, 0) is 6.92 Å². The minimum absolute atomic E-state index is 0.490. The number of carboxylic acids is 1. The molecule has 0 rings (SSSR count). The molecule has 0 saturated heterocycles. The highest BCUT2D eigenvalue weighted by atomic mass is 16.4. The van der Waals surface area contributed by atoms with Gasteiger partial charge in [0.2, 0.25) is 0 Å². The molecular weight excluding hydrogens is 122 g/mol. The van der Waals surface area contributed by atoms with Gasteiger partial charge in [-0.25, -0.2) is 4.79 Å². The van der Waals surface area contributed by atoms with Gasteiger partial charge < -0.3 is 10.2 Å². The first-order valence-electron chi connectivity index (χ1n) is 2.59. The SMILES string of the molecule is CCN=CC(O)C(=O)O. The van der Waals surface area contributed by atoms with Crippen LogP contribution in [0, 0.1) is 0 Å². The molecule has 0 saturated carbocycles. The van der Waals surface area contributed by atoms with Gasteiger partial charge in [-0.3, -0.25) is 4.99 Å². The summed E-state index contributed by atoms with van der Waals surface area (Å²) >= 11 is 0. The minimum atomic E-state index is -1.45. The summed E-state index contributed by atoms with van der Waals surface area (Å²) in [6, 6.07) is 0. The summed E-state index contributed by atoms with van der Waals surface area (Å²) < 4.78 is 0. The van der Waals surface area contributed by atoms with Crippen molar-refractivity contribution >= 4 is 12.2 Å². The van der Waals surface area contributed by atoms with Crippen LogP contribution in [0.1, 0.15) is 6.92 Å². The molecule has 0 aromatic rings. The van der Waals surface area contributed by atoms with Crippen molar-refractivity contribution in [1.29, 1.82) is 0 Å². The van der Waals surface area contributed by atoms with Crippen LogP contribution in [0.2, 0.25) is 0 Å². The first-order valence-corrected chi connectivity index (χ1v) is 2.59. The molecule has 0 aliphatic heterocycles. The van der Waals surface area contributed by atoms with Gasteiger partial charge in [-0.15, -0.1) is 0 Å². The first kappa shape index (κ1) is 8.10. The fourth-order valence-electron chi connectivity index (χ4n) is 0.269. The number of carbonyl (C=O) groups is 1. The second-order valence-electron chi connectivity index (χ2n) is 1.43. The lowest BCUT2D eigenvalue weighted by Crippen LogP contribution is -2.20. The van der Waals surface area contributed by atoms with Crippen LogP contribution in [0.15, 0.2) is 4.99 Å². The molecule has 52 valence electrons. The van der Waals surface area contributed by atoms with Crippen molar-refractivity contribution in [2.75, 3.05) is 6.54 Å². The monoisotopic (exact) mass is 131 g/mol. The number of aliphatic hydroxyl groups excluding tert-OH is 1. The van der Waals surface area contributed by atoms with Crippen molar-refractivity contribution in [2.24, 2.45) is 4.99 Å². The van der Waals surface area contributed by atoms with Crippen molar-refractivity contribution in [2.45, 2.75) is 13.0 Å². The maximum absolute atomic E-state index is 9.86. The van der Waals surface area contributed by atoms with Gasteiger partial charge in [0, 0.05) is 12.8 Å². The van der Waals surface area contributed by atoms with E-state index in [2.05, 4.69) is 4.99 Å². The molecule has 2 N–H and O–H groups in total. The quantitative estimate of drug-likeness (QED) is 0.508. The van der Waals surface area contributed by atoms with E-state index in [-0.39, 0.29) is 0 Å². The van der Waals surface area contributed by atoms with Crippen LogP contribution < -0.4 is 0 Å². The van der Waals surface area contributed by atoms with Crippen LogP contribution in [0.4, 0.5) is 0 Å². The third-order valence-electron chi connectivity index (χ3n) is 0.682. The number of hydrogen-bond acceptors (Lipinski definition) is 3. The van der Waals surface area contributed by atoms with E-state index in [4.69, 9.17) is 10.2 Å². The Morgan fingerprint density at radius 2 is 2.44 bits per heavy atom. The predicted octanol–water partition coefficient (Wildman–Crippen LogP) is -0.477. The number of aliphatic carboxylic acids is 1. The zero-order chi connectivity index (χ0) is 7.28. The van der Waals surface area contributed by atoms with Gasteiger partial charge in [0.05, 0.1) is 0 Å². The van der Waals surface area contributed by atoms with E-state index in [0.717, 1.165) is 6.21 Å². The molecule has 0 amide bonds. The fourth-order valence-corrected chi connectivity index (χ4v) is 0.269. The summed E-state index contributed by atoms with van der Waals surface area (Å²) in [5, 5.41) is 16.6. The van der Waals surface area contributed by atoms with Gasteiger partial charge in [-0.2, -0.15) is 0 Å². The second kappa shape index (κ2) is 4.03. The van der Waals surface area contributed by atoms with Gasteiger partial charge in [-0.1, -0.05) is 0 Å². The summed E-state index contributed by atoms with van der Waals surface area (Å²) in [7, 11) is 0. The van der Waals surface area contributed by atoms with Crippen LogP contribution in [0.3, 0.4) is 0 Å². The smallest absolute Gasteiger partial charge is 0.338 e. The van der Waals surface area contributed by atoms with Crippen molar-refractivity contribution < 1.29 is 15.0 Å². The highest BCUT2D eigenvalue weighted by Gasteiger charge is 2.07. The number of hydrogen-bond donors (Lipinski definition) is 2. The molecule has 0 aliphatic carbocycles. The van der Waals surface area contributed by atoms with Crippen molar-refractivity contribution in [3.05, 3.63) is 0 Å². The van der Waals surface area contributed by atoms with Crippen LogP contribution in [0.5, 0.6) is 0 Å². The zero-order valence-corrected chi connectivity index (χ0v) is 5.11. The number of aliphatic hydroxyl groups is 1. The molecule has 0 fully saturated rings. The number of carboxylic acid groups (broad SMARTS) is 1. The summed E-state index contributed by atoms with van der Waals surface area (Å²) in [5.41, 5.74) is 0. The zero-order valence-electron chi connectivity index (χ0n) is 5.11. The molecule has 0 aromatic heterocycles. The lowest BCUT2D eigenvalue weighted by atomic mass is 10.4. The average Bonchev–Trinajstić information content (AvgIpc) is 1.82. The molecule has 0 aliphatic rings. The third kappa shape index (κ3) is 3.66. The third-order valence-corrected chi connectivity index (χ3v) is 0.682. The van der Waals surface area contributed by atoms with Crippen molar-refractivity contribution in [3.63, 3.8) is 0 Å². The maximum atomic E-state index is 9.86. The molecule has 0 radical (unpaired) electrons. The van der Waals surface area contributed by atoms with E-state index >= 15 is 0 Å². The summed E-state index contributed by atoms with van der Waals surface area (Å²) in [6.45, 7) is 2.25. The Morgan fingerprint density at radius 3 is 2.78 bits per heavy atom. The molecule has 1 unspecified atom stereocenters.